The number of fused-ring (bicyclic) bond motifs is 3. The zero-order valence-electron chi connectivity index (χ0n) is 13.4. The molecule has 0 atom stereocenters. The molecule has 0 radical (unpaired) electrons. The predicted molar refractivity (Wildman–Crippen MR) is 100 cm³/mol. The van der Waals surface area contributed by atoms with E-state index in [0.29, 0.717) is 12.0 Å². The van der Waals surface area contributed by atoms with Crippen molar-refractivity contribution >= 4 is 39.7 Å². The number of pyridine rings is 2. The van der Waals surface area contributed by atoms with Crippen molar-refractivity contribution in [1.82, 2.24) is 19.9 Å². The number of rotatable bonds is 4. The molecule has 0 bridgehead atoms. The highest BCUT2D eigenvalue weighted by atomic mass is 32.2. The van der Waals surface area contributed by atoms with Crippen molar-refractivity contribution in [1.29, 1.82) is 5.26 Å². The first-order chi connectivity index (χ1) is 12.3. The van der Waals surface area contributed by atoms with Gasteiger partial charge >= 0.3 is 0 Å². The highest BCUT2D eigenvalue weighted by molar-refractivity contribution is 7.99. The van der Waals surface area contributed by atoms with E-state index < -0.39 is 0 Å². The zero-order chi connectivity index (χ0) is 17.2. The Labute approximate surface area is 148 Å². The molecule has 3 aromatic heterocycles. The quantitative estimate of drug-likeness (QED) is 0.548. The molecule has 2 N–H and O–H groups in total. The maximum atomic E-state index is 9.12. The van der Waals surface area contributed by atoms with E-state index in [4.69, 9.17) is 10.2 Å². The third-order valence-electron chi connectivity index (χ3n) is 3.90. The van der Waals surface area contributed by atoms with Gasteiger partial charge in [-0.2, -0.15) is 5.26 Å². The summed E-state index contributed by atoms with van der Waals surface area (Å²) in [6.07, 6.45) is 6.24. The molecule has 0 saturated carbocycles. The first-order valence-electron chi connectivity index (χ1n) is 7.68. The average Bonchev–Trinajstić information content (AvgIpc) is 3.06. The standard InChI is InChI=1S/C18H14N6S/c1-25-24-16-5-3-12(9-21-16)7-17-22-15-10-20-14-4-2-11(8-19)6-13(14)18(15)23-17/h2-6,9-10H,7H2,1H3,(H,21,24)(H,22,23). The number of H-pyrrole nitrogens is 1. The van der Waals surface area contributed by atoms with Gasteiger partial charge in [0.25, 0.3) is 0 Å². The average molecular weight is 346 g/mol. The van der Waals surface area contributed by atoms with Crippen LogP contribution in [0.15, 0.2) is 42.7 Å². The molecule has 0 aliphatic rings. The molecule has 6 nitrogen and oxygen atoms in total. The Morgan fingerprint density at radius 3 is 2.88 bits per heavy atom. The van der Waals surface area contributed by atoms with E-state index in [1.807, 2.05) is 36.7 Å². The lowest BCUT2D eigenvalue weighted by Crippen LogP contribution is -1.94. The summed E-state index contributed by atoms with van der Waals surface area (Å²) < 4.78 is 3.10. The summed E-state index contributed by atoms with van der Waals surface area (Å²) in [6.45, 7) is 0. The van der Waals surface area contributed by atoms with Gasteiger partial charge in [0.15, 0.2) is 0 Å². The molecule has 4 rings (SSSR count). The number of benzene rings is 1. The zero-order valence-corrected chi connectivity index (χ0v) is 14.3. The fourth-order valence-corrected chi connectivity index (χ4v) is 3.08. The first kappa shape index (κ1) is 15.4. The minimum atomic E-state index is 0.604. The van der Waals surface area contributed by atoms with Gasteiger partial charge in [-0.3, -0.25) is 4.98 Å². The number of hydrogen-bond donors (Lipinski definition) is 2. The van der Waals surface area contributed by atoms with Crippen molar-refractivity contribution in [2.45, 2.75) is 6.42 Å². The van der Waals surface area contributed by atoms with Gasteiger partial charge in [0.05, 0.1) is 34.4 Å². The molecule has 7 heteroatoms. The molecule has 1 aromatic carbocycles. The highest BCUT2D eigenvalue weighted by Gasteiger charge is 2.09. The molecule has 0 unspecified atom stereocenters. The van der Waals surface area contributed by atoms with Gasteiger partial charge in [-0.1, -0.05) is 18.0 Å². The Kier molecular flexibility index (Phi) is 3.96. The molecule has 0 fully saturated rings. The number of aromatic amines is 1. The van der Waals surface area contributed by atoms with Crippen LogP contribution in [-0.4, -0.2) is 26.2 Å². The van der Waals surface area contributed by atoms with Gasteiger partial charge in [-0.25, -0.2) is 9.97 Å². The van der Waals surface area contributed by atoms with Crippen LogP contribution in [-0.2, 0) is 6.42 Å². The number of nitrogens with zero attached hydrogens (tertiary/aromatic N) is 4. The number of aromatic nitrogens is 4. The summed E-state index contributed by atoms with van der Waals surface area (Å²) in [5.41, 5.74) is 4.21. The van der Waals surface area contributed by atoms with Gasteiger partial charge in [0.1, 0.15) is 11.6 Å². The van der Waals surface area contributed by atoms with Crippen molar-refractivity contribution in [2.24, 2.45) is 0 Å². The first-order valence-corrected chi connectivity index (χ1v) is 8.90. The van der Waals surface area contributed by atoms with Crippen LogP contribution in [0.3, 0.4) is 0 Å². The minimum absolute atomic E-state index is 0.604. The largest absolute Gasteiger partial charge is 0.340 e. The summed E-state index contributed by atoms with van der Waals surface area (Å²) in [6, 6.07) is 11.6. The molecule has 0 amide bonds. The maximum Gasteiger partial charge on any atom is 0.135 e. The monoisotopic (exact) mass is 346 g/mol. The molecule has 0 spiro atoms. The summed E-state index contributed by atoms with van der Waals surface area (Å²) in [5.74, 6) is 1.68. The lowest BCUT2D eigenvalue weighted by atomic mass is 10.1. The van der Waals surface area contributed by atoms with E-state index in [1.165, 1.54) is 11.9 Å². The van der Waals surface area contributed by atoms with Crippen LogP contribution >= 0.6 is 11.9 Å². The van der Waals surface area contributed by atoms with Crippen molar-refractivity contribution in [2.75, 3.05) is 11.0 Å². The van der Waals surface area contributed by atoms with Crippen LogP contribution in [0.1, 0.15) is 17.0 Å². The Hall–Kier alpha value is -3.11. The highest BCUT2D eigenvalue weighted by Crippen LogP contribution is 2.23. The lowest BCUT2D eigenvalue weighted by molar-refractivity contribution is 1.03. The van der Waals surface area contributed by atoms with Crippen molar-refractivity contribution < 1.29 is 0 Å². The van der Waals surface area contributed by atoms with Crippen LogP contribution in [0.4, 0.5) is 5.82 Å². The van der Waals surface area contributed by atoms with Gasteiger partial charge < -0.3 is 9.71 Å². The van der Waals surface area contributed by atoms with Gasteiger partial charge in [0.2, 0.25) is 0 Å². The normalized spacial score (nSPS) is 10.9. The predicted octanol–water partition coefficient (Wildman–Crippen LogP) is 3.66. The molecule has 4 aromatic rings. The molecular weight excluding hydrogens is 332 g/mol. The number of imidazole rings is 1. The number of anilines is 1. The van der Waals surface area contributed by atoms with Crippen LogP contribution in [0.25, 0.3) is 21.9 Å². The van der Waals surface area contributed by atoms with E-state index in [2.05, 4.69) is 25.7 Å². The maximum absolute atomic E-state index is 9.12. The molecule has 0 aliphatic heterocycles. The number of hydrogen-bond acceptors (Lipinski definition) is 6. The SMILES string of the molecule is CSNc1ccc(Cc2nc3c(cnc4ccc(C#N)cc43)[nH]2)cn1. The fraction of sp³-hybridized carbons (Fsp3) is 0.111. The van der Waals surface area contributed by atoms with E-state index in [1.54, 1.807) is 12.3 Å². The third kappa shape index (κ3) is 2.99. The van der Waals surface area contributed by atoms with E-state index in [-0.39, 0.29) is 0 Å². The molecule has 0 saturated heterocycles. The summed E-state index contributed by atoms with van der Waals surface area (Å²) in [7, 11) is 0. The van der Waals surface area contributed by atoms with Crippen molar-refractivity contribution in [3.05, 3.63) is 59.7 Å². The van der Waals surface area contributed by atoms with E-state index in [0.717, 1.165) is 39.1 Å². The fourth-order valence-electron chi connectivity index (χ4n) is 2.75. The van der Waals surface area contributed by atoms with Gasteiger partial charge in [0, 0.05) is 24.3 Å². The Balaban J connectivity index is 1.71. The van der Waals surface area contributed by atoms with Gasteiger partial charge in [-0.05, 0) is 29.8 Å². The summed E-state index contributed by atoms with van der Waals surface area (Å²) in [4.78, 5) is 16.8. The minimum Gasteiger partial charge on any atom is -0.340 e. The van der Waals surface area contributed by atoms with E-state index in [9.17, 15) is 0 Å². The number of nitriles is 1. The summed E-state index contributed by atoms with van der Waals surface area (Å²) in [5, 5.41) is 10.0. The summed E-state index contributed by atoms with van der Waals surface area (Å²) >= 11 is 1.51. The second kappa shape index (κ2) is 6.42. The molecule has 0 aliphatic carbocycles. The number of nitrogens with one attached hydrogen (secondary N) is 2. The molecule has 25 heavy (non-hydrogen) atoms. The van der Waals surface area contributed by atoms with Crippen LogP contribution in [0.5, 0.6) is 0 Å². The van der Waals surface area contributed by atoms with Crippen LogP contribution in [0, 0.1) is 11.3 Å². The van der Waals surface area contributed by atoms with Crippen molar-refractivity contribution in [3.63, 3.8) is 0 Å². The second-order valence-corrected chi connectivity index (χ2v) is 6.19. The van der Waals surface area contributed by atoms with Crippen LogP contribution < -0.4 is 4.72 Å². The molecule has 3 heterocycles. The van der Waals surface area contributed by atoms with Gasteiger partial charge in [-0.15, -0.1) is 0 Å². The topological polar surface area (TPSA) is 90.3 Å². The Bertz CT molecular complexity index is 1090. The Morgan fingerprint density at radius 2 is 2.12 bits per heavy atom. The second-order valence-electron chi connectivity index (χ2n) is 5.58. The van der Waals surface area contributed by atoms with E-state index >= 15 is 0 Å². The lowest BCUT2D eigenvalue weighted by Gasteiger charge is -2.02. The van der Waals surface area contributed by atoms with Crippen LogP contribution in [0.2, 0.25) is 0 Å². The smallest absolute Gasteiger partial charge is 0.135 e. The third-order valence-corrected chi connectivity index (χ3v) is 4.31. The molecule has 122 valence electrons. The Morgan fingerprint density at radius 1 is 1.20 bits per heavy atom. The van der Waals surface area contributed by atoms with Crippen molar-refractivity contribution in [3.8, 4) is 6.07 Å². The molecular formula is C18H14N6S.